The molecule has 0 bridgehead atoms. The number of rotatable bonds is 3. The molecule has 18 heavy (non-hydrogen) atoms. The van der Waals surface area contributed by atoms with Crippen LogP contribution in [-0.4, -0.2) is 31.7 Å². The molecule has 1 aromatic heterocycles. The van der Waals surface area contributed by atoms with Crippen LogP contribution in [0.2, 0.25) is 0 Å². The Morgan fingerprint density at radius 2 is 2.33 bits per heavy atom. The fraction of sp³-hybridized carbons (Fsp3) is 0.500. The third kappa shape index (κ3) is 2.88. The highest BCUT2D eigenvalue weighted by Gasteiger charge is 2.24. The molecule has 5 nitrogen and oxygen atoms in total. The fourth-order valence-corrected chi connectivity index (χ4v) is 2.59. The lowest BCUT2D eigenvalue weighted by molar-refractivity contribution is -0.129. The number of hydrogen-bond acceptors (Lipinski definition) is 5. The smallest absolute Gasteiger partial charge is 0.350 e. The van der Waals surface area contributed by atoms with E-state index in [1.165, 1.54) is 18.4 Å². The van der Waals surface area contributed by atoms with Crippen molar-refractivity contribution < 1.29 is 19.1 Å². The van der Waals surface area contributed by atoms with Gasteiger partial charge in [-0.1, -0.05) is 0 Å². The lowest BCUT2D eigenvalue weighted by Gasteiger charge is -2.21. The van der Waals surface area contributed by atoms with E-state index in [4.69, 9.17) is 4.74 Å². The number of hydrogen-bond donors (Lipinski definition) is 1. The number of methoxy groups -OCH3 is 1. The highest BCUT2D eigenvalue weighted by Crippen LogP contribution is 2.24. The van der Waals surface area contributed by atoms with Crippen molar-refractivity contribution in [2.45, 2.75) is 25.4 Å². The Morgan fingerprint density at radius 3 is 3.00 bits per heavy atom. The highest BCUT2D eigenvalue weighted by molar-refractivity contribution is 7.12. The second-order valence-corrected chi connectivity index (χ2v) is 4.92. The second-order valence-electron chi connectivity index (χ2n) is 4.00. The largest absolute Gasteiger partial charge is 0.465 e. The van der Waals surface area contributed by atoms with Gasteiger partial charge < -0.3 is 14.8 Å². The van der Waals surface area contributed by atoms with Crippen LogP contribution in [-0.2, 0) is 14.3 Å². The van der Waals surface area contributed by atoms with Gasteiger partial charge in [-0.05, 0) is 30.7 Å². The summed E-state index contributed by atoms with van der Waals surface area (Å²) in [5, 5.41) is 4.46. The topological polar surface area (TPSA) is 64.6 Å². The van der Waals surface area contributed by atoms with Crippen LogP contribution in [0.25, 0.3) is 0 Å². The maximum atomic E-state index is 11.9. The first-order valence-electron chi connectivity index (χ1n) is 5.80. The quantitative estimate of drug-likeness (QED) is 0.853. The summed E-state index contributed by atoms with van der Waals surface area (Å²) < 4.78 is 10.0. The molecular weight excluding hydrogens is 254 g/mol. The number of ether oxygens (including phenoxy) is 2. The Bertz CT molecular complexity index is 437. The van der Waals surface area contributed by atoms with Crippen molar-refractivity contribution in [3.63, 3.8) is 0 Å². The summed E-state index contributed by atoms with van der Waals surface area (Å²) >= 11 is 1.24. The molecule has 2 rings (SSSR count). The minimum Gasteiger partial charge on any atom is -0.465 e. The van der Waals surface area contributed by atoms with Crippen LogP contribution in [0.4, 0.5) is 5.69 Å². The lowest BCUT2D eigenvalue weighted by Crippen LogP contribution is -2.33. The van der Waals surface area contributed by atoms with Crippen molar-refractivity contribution in [2.75, 3.05) is 19.0 Å². The summed E-state index contributed by atoms with van der Waals surface area (Å²) in [5.74, 6) is -0.636. The Balaban J connectivity index is 2.02. The monoisotopic (exact) mass is 269 g/mol. The average Bonchev–Trinajstić information content (AvgIpc) is 2.87. The molecule has 1 N–H and O–H groups in total. The van der Waals surface area contributed by atoms with Crippen molar-refractivity contribution in [2.24, 2.45) is 0 Å². The maximum Gasteiger partial charge on any atom is 0.350 e. The predicted molar refractivity (Wildman–Crippen MR) is 67.9 cm³/mol. The molecule has 0 spiro atoms. The first-order valence-corrected chi connectivity index (χ1v) is 6.68. The molecule has 98 valence electrons. The summed E-state index contributed by atoms with van der Waals surface area (Å²) in [6.07, 6.45) is 2.30. The standard InChI is InChI=1S/C12H15NO4S/c1-16-12(15)10-8(5-7-18-10)13-11(14)9-4-2-3-6-17-9/h5,7,9H,2-4,6H2,1H3,(H,13,14). The zero-order valence-corrected chi connectivity index (χ0v) is 10.9. The van der Waals surface area contributed by atoms with Gasteiger partial charge in [-0.15, -0.1) is 11.3 Å². The molecule has 1 aliphatic heterocycles. The van der Waals surface area contributed by atoms with Gasteiger partial charge in [-0.3, -0.25) is 4.79 Å². The van der Waals surface area contributed by atoms with Crippen molar-refractivity contribution in [1.82, 2.24) is 0 Å². The zero-order valence-electron chi connectivity index (χ0n) is 10.1. The molecule has 0 radical (unpaired) electrons. The predicted octanol–water partition coefficient (Wildman–Crippen LogP) is 2.04. The summed E-state index contributed by atoms with van der Waals surface area (Å²) in [6.45, 7) is 0.617. The van der Waals surface area contributed by atoms with Gasteiger partial charge in [0.2, 0.25) is 0 Å². The van der Waals surface area contributed by atoms with E-state index in [1.54, 1.807) is 11.4 Å². The van der Waals surface area contributed by atoms with Crippen LogP contribution in [0.5, 0.6) is 0 Å². The minimum atomic E-state index is -0.440. The van der Waals surface area contributed by atoms with Crippen molar-refractivity contribution in [3.05, 3.63) is 16.3 Å². The van der Waals surface area contributed by atoms with E-state index in [0.29, 0.717) is 17.2 Å². The van der Waals surface area contributed by atoms with Gasteiger partial charge in [0.15, 0.2) is 0 Å². The first kappa shape index (κ1) is 13.0. The summed E-state index contributed by atoms with van der Waals surface area (Å²) in [7, 11) is 1.32. The van der Waals surface area contributed by atoms with Crippen LogP contribution in [0.15, 0.2) is 11.4 Å². The third-order valence-electron chi connectivity index (χ3n) is 2.77. The number of amides is 1. The van der Waals surface area contributed by atoms with E-state index in [1.807, 2.05) is 0 Å². The molecule has 0 aromatic carbocycles. The minimum absolute atomic E-state index is 0.196. The molecule has 1 amide bonds. The van der Waals surface area contributed by atoms with Crippen LogP contribution >= 0.6 is 11.3 Å². The molecule has 1 aromatic rings. The number of carbonyl (C=O) groups excluding carboxylic acids is 2. The van der Waals surface area contributed by atoms with Crippen molar-refractivity contribution >= 4 is 28.9 Å². The number of anilines is 1. The van der Waals surface area contributed by atoms with E-state index < -0.39 is 12.1 Å². The normalized spacial score (nSPS) is 19.3. The fourth-order valence-electron chi connectivity index (χ4n) is 1.82. The molecule has 1 saturated heterocycles. The summed E-state index contributed by atoms with van der Waals surface area (Å²) in [6, 6.07) is 1.69. The van der Waals surface area contributed by atoms with E-state index in [0.717, 1.165) is 19.3 Å². The van der Waals surface area contributed by atoms with Gasteiger partial charge in [0.05, 0.1) is 12.8 Å². The van der Waals surface area contributed by atoms with E-state index in [9.17, 15) is 9.59 Å². The Hall–Kier alpha value is -1.40. The van der Waals surface area contributed by atoms with Gasteiger partial charge in [-0.2, -0.15) is 0 Å². The van der Waals surface area contributed by atoms with Crippen LogP contribution < -0.4 is 5.32 Å². The van der Waals surface area contributed by atoms with Crippen LogP contribution in [0.1, 0.15) is 28.9 Å². The van der Waals surface area contributed by atoms with Crippen molar-refractivity contribution in [3.8, 4) is 0 Å². The highest BCUT2D eigenvalue weighted by atomic mass is 32.1. The van der Waals surface area contributed by atoms with E-state index in [-0.39, 0.29) is 5.91 Å². The first-order chi connectivity index (χ1) is 8.72. The maximum absolute atomic E-state index is 11.9. The average molecular weight is 269 g/mol. The SMILES string of the molecule is COC(=O)c1sccc1NC(=O)C1CCCCO1. The van der Waals surface area contributed by atoms with Crippen molar-refractivity contribution in [1.29, 1.82) is 0 Å². The van der Waals surface area contributed by atoms with Gasteiger partial charge in [-0.25, -0.2) is 4.79 Å². The number of thiophene rings is 1. The molecule has 2 heterocycles. The molecule has 1 unspecified atom stereocenters. The summed E-state index contributed by atoms with van der Waals surface area (Å²) in [5.41, 5.74) is 0.492. The summed E-state index contributed by atoms with van der Waals surface area (Å²) in [4.78, 5) is 23.8. The molecular formula is C12H15NO4S. The van der Waals surface area contributed by atoms with E-state index >= 15 is 0 Å². The lowest BCUT2D eigenvalue weighted by atomic mass is 10.1. The van der Waals surface area contributed by atoms with Crippen LogP contribution in [0.3, 0.4) is 0 Å². The molecule has 0 aliphatic carbocycles. The Labute approximate surface area is 109 Å². The number of nitrogens with one attached hydrogen (secondary N) is 1. The number of carbonyl (C=O) groups is 2. The van der Waals surface area contributed by atoms with Gasteiger partial charge >= 0.3 is 5.97 Å². The van der Waals surface area contributed by atoms with Gasteiger partial charge in [0, 0.05) is 6.61 Å². The molecule has 6 heteroatoms. The third-order valence-corrected chi connectivity index (χ3v) is 3.66. The molecule has 1 fully saturated rings. The zero-order chi connectivity index (χ0) is 13.0. The second kappa shape index (κ2) is 5.97. The molecule has 1 aliphatic rings. The Morgan fingerprint density at radius 1 is 1.50 bits per heavy atom. The Kier molecular flexibility index (Phi) is 4.33. The molecule has 0 saturated carbocycles. The van der Waals surface area contributed by atoms with Crippen LogP contribution in [0, 0.1) is 0 Å². The van der Waals surface area contributed by atoms with E-state index in [2.05, 4.69) is 10.1 Å². The van der Waals surface area contributed by atoms with Gasteiger partial charge in [0.1, 0.15) is 11.0 Å². The van der Waals surface area contributed by atoms with Gasteiger partial charge in [0.25, 0.3) is 5.91 Å². The molecule has 1 atom stereocenters. The number of esters is 1.